The van der Waals surface area contributed by atoms with Gasteiger partial charge >= 0.3 is 5.97 Å². The molecule has 6 nitrogen and oxygen atoms in total. The van der Waals surface area contributed by atoms with E-state index in [1.165, 1.54) is 0 Å². The molecule has 4 rings (SSSR count). The van der Waals surface area contributed by atoms with E-state index in [0.717, 1.165) is 11.1 Å². The van der Waals surface area contributed by atoms with Crippen molar-refractivity contribution in [3.8, 4) is 0 Å². The summed E-state index contributed by atoms with van der Waals surface area (Å²) in [6.45, 7) is 3.43. The van der Waals surface area contributed by atoms with Crippen molar-refractivity contribution in [2.75, 3.05) is 13.1 Å². The fraction of sp³-hybridized carbons (Fsp3) is 0.333. The third kappa shape index (κ3) is 3.54. The average Bonchev–Trinajstić information content (AvgIpc) is 2.99. The van der Waals surface area contributed by atoms with Gasteiger partial charge in [0.05, 0.1) is 5.92 Å². The molecule has 0 spiro atoms. The van der Waals surface area contributed by atoms with E-state index in [1.54, 1.807) is 18.2 Å². The molecule has 0 saturated carbocycles. The second kappa shape index (κ2) is 7.39. The summed E-state index contributed by atoms with van der Waals surface area (Å²) in [6, 6.07) is 14.7. The summed E-state index contributed by atoms with van der Waals surface area (Å²) in [5, 5.41) is 0. The lowest BCUT2D eigenvalue weighted by molar-refractivity contribution is -0.151. The summed E-state index contributed by atoms with van der Waals surface area (Å²) < 4.78 is 34.0. The highest BCUT2D eigenvalue weighted by atomic mass is 32.2. The number of piperidine rings is 1. The summed E-state index contributed by atoms with van der Waals surface area (Å²) in [5.74, 6) is 0.126. The highest BCUT2D eigenvalue weighted by Crippen LogP contribution is 2.30. The van der Waals surface area contributed by atoms with Crippen LogP contribution in [0.15, 0.2) is 57.8 Å². The van der Waals surface area contributed by atoms with Crippen LogP contribution in [-0.2, 0) is 26.2 Å². The maximum absolute atomic E-state index is 12.4. The number of hydrogen-bond acceptors (Lipinski definition) is 5. The van der Waals surface area contributed by atoms with E-state index >= 15 is 0 Å². The van der Waals surface area contributed by atoms with Crippen molar-refractivity contribution < 1.29 is 17.9 Å². The van der Waals surface area contributed by atoms with Crippen LogP contribution in [0.5, 0.6) is 0 Å². The van der Waals surface area contributed by atoms with Crippen molar-refractivity contribution in [3.63, 3.8) is 0 Å². The Morgan fingerprint density at radius 2 is 1.79 bits per heavy atom. The number of carbonyl (C=O) groups excluding carboxylic acids is 1. The summed E-state index contributed by atoms with van der Waals surface area (Å²) in [5.41, 5.74) is 2.75. The third-order valence-electron chi connectivity index (χ3n) is 5.37. The molecule has 0 radical (unpaired) electrons. The minimum atomic E-state index is -3.62. The van der Waals surface area contributed by atoms with Crippen molar-refractivity contribution in [1.29, 1.82) is 0 Å². The lowest BCUT2D eigenvalue weighted by Crippen LogP contribution is -2.40. The van der Waals surface area contributed by atoms with Gasteiger partial charge in [0.1, 0.15) is 11.5 Å². The van der Waals surface area contributed by atoms with E-state index in [1.807, 2.05) is 42.2 Å². The minimum absolute atomic E-state index is 0.172. The van der Waals surface area contributed by atoms with Gasteiger partial charge in [-0.05, 0) is 43.0 Å². The van der Waals surface area contributed by atoms with Gasteiger partial charge in [0.15, 0.2) is 5.84 Å². The van der Waals surface area contributed by atoms with E-state index in [0.29, 0.717) is 37.3 Å². The van der Waals surface area contributed by atoms with Crippen molar-refractivity contribution in [3.05, 3.63) is 65.2 Å². The molecular weight excluding hydrogens is 376 g/mol. The van der Waals surface area contributed by atoms with Crippen molar-refractivity contribution in [2.24, 2.45) is 10.3 Å². The number of aryl methyl sites for hydroxylation is 1. The fourth-order valence-electron chi connectivity index (χ4n) is 3.68. The maximum Gasteiger partial charge on any atom is 0.309 e. The number of hydrogen-bond donors (Lipinski definition) is 0. The predicted octanol–water partition coefficient (Wildman–Crippen LogP) is 2.90. The average molecular weight is 398 g/mol. The van der Waals surface area contributed by atoms with Crippen LogP contribution in [0.2, 0.25) is 0 Å². The normalized spacial score (nSPS) is 18.5. The summed E-state index contributed by atoms with van der Waals surface area (Å²) in [4.78, 5) is 14.7. The molecule has 2 aliphatic heterocycles. The highest BCUT2D eigenvalue weighted by molar-refractivity contribution is 7.90. The van der Waals surface area contributed by atoms with Crippen LogP contribution in [0.4, 0.5) is 0 Å². The quantitative estimate of drug-likeness (QED) is 0.743. The molecule has 0 amide bonds. The molecule has 28 heavy (non-hydrogen) atoms. The molecule has 0 bridgehead atoms. The number of benzene rings is 2. The van der Waals surface area contributed by atoms with Gasteiger partial charge in [-0.25, -0.2) is 0 Å². The molecule has 146 valence electrons. The van der Waals surface area contributed by atoms with Gasteiger partial charge in [-0.1, -0.05) is 36.4 Å². The summed E-state index contributed by atoms with van der Waals surface area (Å²) >= 11 is 0. The monoisotopic (exact) mass is 398 g/mol. The molecule has 2 aromatic rings. The summed E-state index contributed by atoms with van der Waals surface area (Å²) in [6.07, 6.45) is 1.24. The van der Waals surface area contributed by atoms with Crippen LogP contribution in [-0.4, -0.2) is 38.2 Å². The largest absolute Gasteiger partial charge is 0.461 e. The Hall–Kier alpha value is -2.67. The van der Waals surface area contributed by atoms with Gasteiger partial charge in [0, 0.05) is 18.7 Å². The Morgan fingerprint density at radius 3 is 2.54 bits per heavy atom. The van der Waals surface area contributed by atoms with Crippen molar-refractivity contribution in [1.82, 2.24) is 4.90 Å². The molecule has 0 unspecified atom stereocenters. The zero-order valence-electron chi connectivity index (χ0n) is 15.7. The van der Waals surface area contributed by atoms with Gasteiger partial charge in [-0.15, -0.1) is 4.40 Å². The molecule has 0 atom stereocenters. The van der Waals surface area contributed by atoms with Crippen LogP contribution in [0.1, 0.15) is 29.5 Å². The van der Waals surface area contributed by atoms with E-state index in [-0.39, 0.29) is 23.4 Å². The second-order valence-electron chi connectivity index (χ2n) is 7.18. The molecule has 2 heterocycles. The topological polar surface area (TPSA) is 76.0 Å². The first kappa shape index (κ1) is 18.7. The Kier molecular flexibility index (Phi) is 4.93. The predicted molar refractivity (Wildman–Crippen MR) is 105 cm³/mol. The highest BCUT2D eigenvalue weighted by Gasteiger charge is 2.34. The zero-order valence-corrected chi connectivity index (χ0v) is 16.5. The van der Waals surface area contributed by atoms with Crippen molar-refractivity contribution in [2.45, 2.75) is 31.3 Å². The number of carbonyl (C=O) groups is 1. The van der Waals surface area contributed by atoms with Crippen molar-refractivity contribution >= 4 is 21.8 Å². The Balaban J connectivity index is 1.38. The third-order valence-corrected chi connectivity index (χ3v) is 6.70. The smallest absolute Gasteiger partial charge is 0.309 e. The number of likely N-dealkylation sites (tertiary alicyclic amines) is 1. The maximum atomic E-state index is 12.4. The molecule has 1 fully saturated rings. The number of nitrogens with zero attached hydrogens (tertiary/aromatic N) is 2. The Morgan fingerprint density at radius 1 is 1.11 bits per heavy atom. The first-order chi connectivity index (χ1) is 13.5. The number of esters is 1. The summed E-state index contributed by atoms with van der Waals surface area (Å²) in [7, 11) is -3.62. The van der Waals surface area contributed by atoms with E-state index < -0.39 is 10.0 Å². The lowest BCUT2D eigenvalue weighted by Gasteiger charge is -2.32. The van der Waals surface area contributed by atoms with Gasteiger partial charge in [0.2, 0.25) is 0 Å². The van der Waals surface area contributed by atoms with Crippen LogP contribution >= 0.6 is 0 Å². The molecule has 1 saturated heterocycles. The Bertz CT molecular complexity index is 1040. The second-order valence-corrected chi connectivity index (χ2v) is 8.75. The van der Waals surface area contributed by atoms with Gasteiger partial charge in [-0.2, -0.15) is 8.42 Å². The SMILES string of the molecule is Cc1ccccc1COC(=O)C1CCN(C2=NS(=O)(=O)c3ccccc32)CC1. The molecule has 2 aromatic carbocycles. The fourth-order valence-corrected chi connectivity index (χ4v) is 4.91. The minimum Gasteiger partial charge on any atom is -0.461 e. The molecule has 7 heteroatoms. The van der Waals surface area contributed by atoms with Gasteiger partial charge < -0.3 is 9.64 Å². The molecule has 0 aliphatic carbocycles. The van der Waals surface area contributed by atoms with E-state index in [9.17, 15) is 13.2 Å². The number of ether oxygens (including phenoxy) is 1. The first-order valence-corrected chi connectivity index (χ1v) is 10.8. The molecular formula is C21H22N2O4S. The standard InChI is InChI=1S/C21H22N2O4S/c1-15-6-2-3-7-17(15)14-27-21(24)16-10-12-23(13-11-16)20-18-8-4-5-9-19(18)28(25,26)22-20/h2-9,16H,10-14H2,1H3. The molecule has 2 aliphatic rings. The molecule has 0 aromatic heterocycles. The first-order valence-electron chi connectivity index (χ1n) is 9.36. The van der Waals surface area contributed by atoms with Crippen LogP contribution in [0.3, 0.4) is 0 Å². The number of fused-ring (bicyclic) bond motifs is 1. The number of amidine groups is 1. The van der Waals surface area contributed by atoms with E-state index in [4.69, 9.17) is 4.74 Å². The number of rotatable bonds is 3. The molecule has 0 N–H and O–H groups in total. The zero-order chi connectivity index (χ0) is 19.7. The van der Waals surface area contributed by atoms with Crippen LogP contribution < -0.4 is 0 Å². The van der Waals surface area contributed by atoms with Gasteiger partial charge in [-0.3, -0.25) is 4.79 Å². The number of sulfonamides is 1. The van der Waals surface area contributed by atoms with Gasteiger partial charge in [0.25, 0.3) is 10.0 Å². The van der Waals surface area contributed by atoms with Crippen LogP contribution in [0, 0.1) is 12.8 Å². The van der Waals surface area contributed by atoms with E-state index in [2.05, 4.69) is 4.40 Å². The lowest BCUT2D eigenvalue weighted by atomic mass is 9.96. The van der Waals surface area contributed by atoms with Crippen LogP contribution in [0.25, 0.3) is 0 Å². The Labute approximate surface area is 164 Å².